The van der Waals surface area contributed by atoms with Crippen LogP contribution in [0.4, 0.5) is 5.69 Å². The highest BCUT2D eigenvalue weighted by Gasteiger charge is 2.16. The molecule has 4 nitrogen and oxygen atoms in total. The van der Waals surface area contributed by atoms with E-state index in [1.54, 1.807) is 24.3 Å². The summed E-state index contributed by atoms with van der Waals surface area (Å²) < 4.78 is 20.8. The van der Waals surface area contributed by atoms with Crippen LogP contribution in [-0.2, 0) is 9.92 Å². The summed E-state index contributed by atoms with van der Waals surface area (Å²) in [5, 5.41) is 0. The molecule has 108 valence electrons. The molecule has 0 aliphatic rings. The molecule has 1 rings (SSSR count). The van der Waals surface area contributed by atoms with Crippen LogP contribution < -0.4 is 10.5 Å². The SMILES string of the molecule is CCC(C)N=S(=O)(NC(C)CC)c1ccc(N)cc1. The third kappa shape index (κ3) is 4.51. The summed E-state index contributed by atoms with van der Waals surface area (Å²) in [7, 11) is -2.59. The molecule has 0 radical (unpaired) electrons. The largest absolute Gasteiger partial charge is 0.399 e. The predicted molar refractivity (Wildman–Crippen MR) is 82.3 cm³/mol. The van der Waals surface area contributed by atoms with Crippen molar-refractivity contribution in [2.75, 3.05) is 5.73 Å². The van der Waals surface area contributed by atoms with Gasteiger partial charge in [-0.1, -0.05) is 13.8 Å². The molecule has 3 atom stereocenters. The monoisotopic (exact) mass is 283 g/mol. The predicted octanol–water partition coefficient (Wildman–Crippen LogP) is 3.20. The van der Waals surface area contributed by atoms with Gasteiger partial charge in [-0.2, -0.15) is 0 Å². The Bertz CT molecular complexity index is 504. The minimum atomic E-state index is -2.59. The van der Waals surface area contributed by atoms with Crippen LogP contribution in [0.3, 0.4) is 0 Å². The van der Waals surface area contributed by atoms with E-state index < -0.39 is 9.92 Å². The molecule has 1 aromatic carbocycles. The van der Waals surface area contributed by atoms with Gasteiger partial charge >= 0.3 is 0 Å². The average Bonchev–Trinajstić information content (AvgIpc) is 2.38. The zero-order valence-electron chi connectivity index (χ0n) is 12.2. The number of nitrogen functional groups attached to an aromatic ring is 1. The van der Waals surface area contributed by atoms with Crippen molar-refractivity contribution in [3.05, 3.63) is 24.3 Å². The molecule has 0 aliphatic carbocycles. The maximum Gasteiger partial charge on any atom is 0.137 e. The van der Waals surface area contributed by atoms with Crippen LogP contribution in [-0.4, -0.2) is 16.3 Å². The second kappa shape index (κ2) is 6.91. The van der Waals surface area contributed by atoms with E-state index in [-0.39, 0.29) is 12.1 Å². The highest BCUT2D eigenvalue weighted by molar-refractivity contribution is 7.91. The Morgan fingerprint density at radius 2 is 1.79 bits per heavy atom. The van der Waals surface area contributed by atoms with Crippen molar-refractivity contribution < 1.29 is 4.21 Å². The lowest BCUT2D eigenvalue weighted by atomic mass is 10.3. The molecule has 3 unspecified atom stereocenters. The number of anilines is 1. The number of nitrogens with one attached hydrogen (secondary N) is 1. The minimum absolute atomic E-state index is 0.0570. The van der Waals surface area contributed by atoms with Crippen LogP contribution in [0.25, 0.3) is 0 Å². The van der Waals surface area contributed by atoms with Gasteiger partial charge < -0.3 is 5.73 Å². The molecule has 0 amide bonds. The number of rotatable bonds is 6. The molecule has 0 spiro atoms. The molecule has 0 aliphatic heterocycles. The zero-order chi connectivity index (χ0) is 14.5. The maximum absolute atomic E-state index is 13.1. The molecule has 0 aromatic heterocycles. The summed E-state index contributed by atoms with van der Waals surface area (Å²) in [5.74, 6) is 0. The number of hydrogen-bond acceptors (Lipinski definition) is 3. The topological polar surface area (TPSA) is 67.5 Å². The number of benzene rings is 1. The quantitative estimate of drug-likeness (QED) is 0.787. The summed E-state index contributed by atoms with van der Waals surface area (Å²) in [5.41, 5.74) is 6.35. The molecule has 19 heavy (non-hydrogen) atoms. The van der Waals surface area contributed by atoms with Gasteiger partial charge in [-0.25, -0.2) is 13.3 Å². The first-order valence-electron chi connectivity index (χ1n) is 6.80. The third-order valence-corrected chi connectivity index (χ3v) is 5.38. The van der Waals surface area contributed by atoms with Crippen LogP contribution in [0.1, 0.15) is 40.5 Å². The maximum atomic E-state index is 13.1. The van der Waals surface area contributed by atoms with Crippen molar-refractivity contribution in [1.82, 2.24) is 4.72 Å². The van der Waals surface area contributed by atoms with Gasteiger partial charge in [0.15, 0.2) is 0 Å². The van der Waals surface area contributed by atoms with Gasteiger partial charge in [0.2, 0.25) is 0 Å². The van der Waals surface area contributed by atoms with Crippen molar-refractivity contribution >= 4 is 15.6 Å². The first-order chi connectivity index (χ1) is 8.91. The summed E-state index contributed by atoms with van der Waals surface area (Å²) >= 11 is 0. The van der Waals surface area contributed by atoms with E-state index in [9.17, 15) is 4.21 Å². The Morgan fingerprint density at radius 1 is 1.21 bits per heavy atom. The fraction of sp³-hybridized carbons (Fsp3) is 0.571. The second-order valence-corrected chi connectivity index (χ2v) is 6.85. The van der Waals surface area contributed by atoms with Crippen molar-refractivity contribution in [1.29, 1.82) is 0 Å². The Balaban J connectivity index is 3.22. The van der Waals surface area contributed by atoms with Gasteiger partial charge in [0, 0.05) is 11.7 Å². The Kier molecular flexibility index (Phi) is 5.82. The van der Waals surface area contributed by atoms with Gasteiger partial charge in [-0.05, 0) is 51.0 Å². The standard InChI is InChI=1S/C14H25N3OS/c1-5-11(3)16-19(18,17-12(4)6-2)14-9-7-13(15)8-10-14/h7-12H,5-6,15H2,1-4H3,(H,16,17,18). The van der Waals surface area contributed by atoms with Crippen molar-refractivity contribution in [2.24, 2.45) is 4.36 Å². The molecule has 0 heterocycles. The molecule has 0 fully saturated rings. The normalized spacial score (nSPS) is 17.5. The van der Waals surface area contributed by atoms with Gasteiger partial charge in [0.1, 0.15) is 9.92 Å². The molecular formula is C14H25N3OS. The highest BCUT2D eigenvalue weighted by Crippen LogP contribution is 2.17. The summed E-state index contributed by atoms with van der Waals surface area (Å²) in [6.45, 7) is 8.10. The Morgan fingerprint density at radius 3 is 2.26 bits per heavy atom. The van der Waals surface area contributed by atoms with Crippen molar-refractivity contribution in [2.45, 2.75) is 57.5 Å². The van der Waals surface area contributed by atoms with E-state index >= 15 is 0 Å². The van der Waals surface area contributed by atoms with Crippen molar-refractivity contribution in [3.63, 3.8) is 0 Å². The van der Waals surface area contributed by atoms with Gasteiger partial charge in [-0.3, -0.25) is 0 Å². The summed E-state index contributed by atoms with van der Waals surface area (Å²) in [6, 6.07) is 7.32. The van der Waals surface area contributed by atoms with Crippen LogP contribution in [0.5, 0.6) is 0 Å². The highest BCUT2D eigenvalue weighted by atomic mass is 32.2. The van der Waals surface area contributed by atoms with E-state index in [4.69, 9.17) is 5.73 Å². The first kappa shape index (κ1) is 16.0. The molecule has 3 N–H and O–H groups in total. The second-order valence-electron chi connectivity index (χ2n) is 4.88. The molecule has 1 aromatic rings. The first-order valence-corrected chi connectivity index (χ1v) is 8.31. The van der Waals surface area contributed by atoms with Gasteiger partial charge in [-0.15, -0.1) is 0 Å². The molecule has 0 saturated heterocycles. The molecular weight excluding hydrogens is 258 g/mol. The van der Waals surface area contributed by atoms with Gasteiger partial charge in [0.25, 0.3) is 0 Å². The Hall–Kier alpha value is -1.07. The summed E-state index contributed by atoms with van der Waals surface area (Å²) in [4.78, 5) is 0.697. The van der Waals surface area contributed by atoms with Crippen LogP contribution in [0.2, 0.25) is 0 Å². The number of nitrogens with zero attached hydrogens (tertiary/aromatic N) is 1. The fourth-order valence-electron chi connectivity index (χ4n) is 1.50. The van der Waals surface area contributed by atoms with Crippen LogP contribution in [0, 0.1) is 0 Å². The van der Waals surface area contributed by atoms with Crippen LogP contribution in [0.15, 0.2) is 33.5 Å². The smallest absolute Gasteiger partial charge is 0.137 e. The summed E-state index contributed by atoms with van der Waals surface area (Å²) in [6.07, 6.45) is 1.77. The molecule has 5 heteroatoms. The van der Waals surface area contributed by atoms with E-state index in [0.717, 1.165) is 12.8 Å². The number of hydrogen-bond donors (Lipinski definition) is 2. The van der Waals surface area contributed by atoms with Crippen LogP contribution >= 0.6 is 0 Å². The fourth-order valence-corrected chi connectivity index (χ4v) is 3.69. The molecule has 0 saturated carbocycles. The zero-order valence-corrected chi connectivity index (χ0v) is 13.0. The molecule has 0 bridgehead atoms. The van der Waals surface area contributed by atoms with Crippen molar-refractivity contribution in [3.8, 4) is 0 Å². The van der Waals surface area contributed by atoms with E-state index in [2.05, 4.69) is 16.0 Å². The lowest BCUT2D eigenvalue weighted by Crippen LogP contribution is -2.32. The third-order valence-electron chi connectivity index (χ3n) is 3.09. The average molecular weight is 283 g/mol. The lowest BCUT2D eigenvalue weighted by molar-refractivity contribution is 0.608. The number of nitrogens with two attached hydrogens (primary N) is 1. The van der Waals surface area contributed by atoms with E-state index in [0.29, 0.717) is 10.6 Å². The Labute approximate surface area is 117 Å². The van der Waals surface area contributed by atoms with E-state index in [1.807, 2.05) is 20.8 Å². The van der Waals surface area contributed by atoms with Gasteiger partial charge in [0.05, 0.1) is 10.9 Å². The van der Waals surface area contributed by atoms with E-state index in [1.165, 1.54) is 0 Å². The lowest BCUT2D eigenvalue weighted by Gasteiger charge is -2.18. The minimum Gasteiger partial charge on any atom is -0.399 e.